The Labute approximate surface area is 165 Å². The van der Waals surface area contributed by atoms with Gasteiger partial charge in [-0.15, -0.1) is 0 Å². The van der Waals surface area contributed by atoms with Gasteiger partial charge in [-0.05, 0) is 48.2 Å². The first kappa shape index (κ1) is 20.6. The van der Waals surface area contributed by atoms with E-state index in [9.17, 15) is 9.50 Å². The second kappa shape index (κ2) is 9.37. The van der Waals surface area contributed by atoms with Crippen molar-refractivity contribution >= 4 is 0 Å². The topological polar surface area (TPSA) is 51.2 Å². The van der Waals surface area contributed by atoms with Crippen LogP contribution in [0.5, 0.6) is 11.5 Å². The van der Waals surface area contributed by atoms with Crippen molar-refractivity contribution in [2.45, 2.75) is 25.0 Å². The number of methoxy groups -OCH3 is 2. The van der Waals surface area contributed by atoms with Gasteiger partial charge in [-0.2, -0.15) is 0 Å². The van der Waals surface area contributed by atoms with E-state index in [4.69, 9.17) is 14.2 Å². The molecule has 0 bridgehead atoms. The Kier molecular flexibility index (Phi) is 6.88. The van der Waals surface area contributed by atoms with Gasteiger partial charge in [0.1, 0.15) is 12.4 Å². The predicted octanol–water partition coefficient (Wildman–Crippen LogP) is 3.34. The van der Waals surface area contributed by atoms with Crippen LogP contribution in [0.3, 0.4) is 0 Å². The fraction of sp³-hybridized carbons (Fsp3) is 0.455. The Balaban J connectivity index is 1.59. The zero-order chi connectivity index (χ0) is 20.0. The van der Waals surface area contributed by atoms with Crippen molar-refractivity contribution in [2.24, 2.45) is 0 Å². The highest BCUT2D eigenvalue weighted by Crippen LogP contribution is 2.34. The molecule has 2 aromatic rings. The van der Waals surface area contributed by atoms with E-state index in [-0.39, 0.29) is 5.82 Å². The minimum absolute atomic E-state index is 0.284. The van der Waals surface area contributed by atoms with Crippen LogP contribution in [-0.2, 0) is 16.9 Å². The Hall–Kier alpha value is -2.15. The summed E-state index contributed by atoms with van der Waals surface area (Å²) in [6.07, 6.45) is 1.24. The summed E-state index contributed by atoms with van der Waals surface area (Å²) in [5, 5.41) is 10.9. The standard InChI is InChI=1S/C22H28FNO4/c1-26-13-14-28-20-8-3-17(15-21(20)27-2)16-24-11-9-22(25,10-12-24)18-4-6-19(23)7-5-18/h3-8,15,25H,9-14,16H2,1-2H3. The Bertz CT molecular complexity index is 758. The van der Waals surface area contributed by atoms with E-state index in [1.165, 1.54) is 12.1 Å². The van der Waals surface area contributed by atoms with Crippen molar-refractivity contribution < 1.29 is 23.7 Å². The SMILES string of the molecule is COCCOc1ccc(CN2CCC(O)(c3ccc(F)cc3)CC2)cc1OC. The van der Waals surface area contributed by atoms with Crippen LogP contribution in [0.1, 0.15) is 24.0 Å². The number of likely N-dealkylation sites (tertiary alicyclic amines) is 1. The predicted molar refractivity (Wildman–Crippen MR) is 105 cm³/mol. The van der Waals surface area contributed by atoms with Crippen LogP contribution in [0, 0.1) is 5.82 Å². The first-order chi connectivity index (χ1) is 13.5. The molecule has 1 heterocycles. The molecule has 0 radical (unpaired) electrons. The van der Waals surface area contributed by atoms with E-state index in [2.05, 4.69) is 4.90 Å². The molecule has 0 spiro atoms. The number of aliphatic hydroxyl groups is 1. The number of rotatable bonds is 8. The maximum Gasteiger partial charge on any atom is 0.161 e. The number of hydrogen-bond acceptors (Lipinski definition) is 5. The lowest BCUT2D eigenvalue weighted by Gasteiger charge is -2.38. The molecule has 0 atom stereocenters. The van der Waals surface area contributed by atoms with Crippen LogP contribution in [0.25, 0.3) is 0 Å². The van der Waals surface area contributed by atoms with Crippen LogP contribution in [0.4, 0.5) is 4.39 Å². The van der Waals surface area contributed by atoms with Gasteiger partial charge < -0.3 is 19.3 Å². The van der Waals surface area contributed by atoms with Gasteiger partial charge in [-0.3, -0.25) is 4.90 Å². The lowest BCUT2D eigenvalue weighted by atomic mass is 9.84. The summed E-state index contributed by atoms with van der Waals surface area (Å²) >= 11 is 0. The van der Waals surface area contributed by atoms with Crippen molar-refractivity contribution in [1.82, 2.24) is 4.90 Å². The van der Waals surface area contributed by atoms with Gasteiger partial charge in [0.2, 0.25) is 0 Å². The number of hydrogen-bond donors (Lipinski definition) is 1. The Morgan fingerprint density at radius 3 is 2.36 bits per heavy atom. The smallest absolute Gasteiger partial charge is 0.161 e. The van der Waals surface area contributed by atoms with Crippen LogP contribution in [-0.4, -0.2) is 50.5 Å². The van der Waals surface area contributed by atoms with Crippen LogP contribution in [0.2, 0.25) is 0 Å². The fourth-order valence-corrected chi connectivity index (χ4v) is 3.55. The number of benzene rings is 2. The summed E-state index contributed by atoms with van der Waals surface area (Å²) in [5.74, 6) is 1.12. The molecule has 1 aliphatic rings. The summed E-state index contributed by atoms with van der Waals surface area (Å²) in [4.78, 5) is 2.30. The number of piperidine rings is 1. The molecule has 0 amide bonds. The molecule has 0 aliphatic carbocycles. The average molecular weight is 389 g/mol. The van der Waals surface area contributed by atoms with E-state index in [1.54, 1.807) is 26.4 Å². The molecule has 152 valence electrons. The van der Waals surface area contributed by atoms with E-state index in [0.29, 0.717) is 37.6 Å². The maximum absolute atomic E-state index is 13.1. The van der Waals surface area contributed by atoms with Crippen molar-refractivity contribution in [3.05, 3.63) is 59.4 Å². The van der Waals surface area contributed by atoms with Crippen molar-refractivity contribution in [3.8, 4) is 11.5 Å². The van der Waals surface area contributed by atoms with Gasteiger partial charge in [-0.1, -0.05) is 18.2 Å². The highest BCUT2D eigenvalue weighted by atomic mass is 19.1. The molecule has 1 fully saturated rings. The summed E-state index contributed by atoms with van der Waals surface area (Å²) in [7, 11) is 3.27. The van der Waals surface area contributed by atoms with E-state index in [0.717, 1.165) is 30.8 Å². The van der Waals surface area contributed by atoms with Crippen molar-refractivity contribution in [3.63, 3.8) is 0 Å². The average Bonchev–Trinajstić information content (AvgIpc) is 2.71. The highest BCUT2D eigenvalue weighted by Gasteiger charge is 2.33. The third kappa shape index (κ3) is 5.01. The quantitative estimate of drug-likeness (QED) is 0.702. The molecule has 2 aromatic carbocycles. The maximum atomic E-state index is 13.1. The fourth-order valence-electron chi connectivity index (χ4n) is 3.55. The lowest BCUT2D eigenvalue weighted by Crippen LogP contribution is -2.42. The first-order valence-corrected chi connectivity index (χ1v) is 9.53. The van der Waals surface area contributed by atoms with E-state index < -0.39 is 5.60 Å². The number of ether oxygens (including phenoxy) is 3. The van der Waals surface area contributed by atoms with Crippen LogP contribution in [0.15, 0.2) is 42.5 Å². The second-order valence-corrected chi connectivity index (χ2v) is 7.14. The number of halogens is 1. The molecular formula is C22H28FNO4. The monoisotopic (exact) mass is 389 g/mol. The molecule has 3 rings (SSSR count). The first-order valence-electron chi connectivity index (χ1n) is 9.53. The van der Waals surface area contributed by atoms with Gasteiger partial charge in [0.05, 0.1) is 19.3 Å². The molecule has 0 aromatic heterocycles. The lowest BCUT2D eigenvalue weighted by molar-refractivity contribution is -0.0277. The summed E-state index contributed by atoms with van der Waals surface area (Å²) < 4.78 is 29.3. The third-order valence-electron chi connectivity index (χ3n) is 5.24. The van der Waals surface area contributed by atoms with E-state index in [1.807, 2.05) is 18.2 Å². The van der Waals surface area contributed by atoms with Gasteiger partial charge in [0, 0.05) is 26.7 Å². The largest absolute Gasteiger partial charge is 0.493 e. The van der Waals surface area contributed by atoms with Gasteiger partial charge in [0.15, 0.2) is 11.5 Å². The molecule has 28 heavy (non-hydrogen) atoms. The van der Waals surface area contributed by atoms with Gasteiger partial charge >= 0.3 is 0 Å². The molecule has 1 N–H and O–H groups in total. The van der Waals surface area contributed by atoms with E-state index >= 15 is 0 Å². The Morgan fingerprint density at radius 2 is 1.71 bits per heavy atom. The normalized spacial score (nSPS) is 16.7. The summed E-state index contributed by atoms with van der Waals surface area (Å²) in [6.45, 7) is 3.30. The van der Waals surface area contributed by atoms with Crippen LogP contribution < -0.4 is 9.47 Å². The Morgan fingerprint density at radius 1 is 1.00 bits per heavy atom. The summed E-state index contributed by atoms with van der Waals surface area (Å²) in [6, 6.07) is 12.1. The minimum Gasteiger partial charge on any atom is -0.493 e. The molecule has 0 saturated carbocycles. The molecular weight excluding hydrogens is 361 g/mol. The third-order valence-corrected chi connectivity index (χ3v) is 5.24. The highest BCUT2D eigenvalue weighted by molar-refractivity contribution is 5.43. The molecule has 1 saturated heterocycles. The van der Waals surface area contributed by atoms with Crippen molar-refractivity contribution in [1.29, 1.82) is 0 Å². The molecule has 1 aliphatic heterocycles. The second-order valence-electron chi connectivity index (χ2n) is 7.14. The summed E-state index contributed by atoms with van der Waals surface area (Å²) in [5.41, 5.74) is 1.02. The molecule has 6 heteroatoms. The minimum atomic E-state index is -0.888. The van der Waals surface area contributed by atoms with Crippen molar-refractivity contribution in [2.75, 3.05) is 40.5 Å². The zero-order valence-corrected chi connectivity index (χ0v) is 16.5. The number of nitrogens with zero attached hydrogens (tertiary/aromatic N) is 1. The van der Waals surface area contributed by atoms with Crippen LogP contribution >= 0.6 is 0 Å². The molecule has 5 nitrogen and oxygen atoms in total. The zero-order valence-electron chi connectivity index (χ0n) is 16.5. The van der Waals surface area contributed by atoms with Gasteiger partial charge in [-0.25, -0.2) is 4.39 Å². The van der Waals surface area contributed by atoms with Gasteiger partial charge in [0.25, 0.3) is 0 Å². The molecule has 0 unspecified atom stereocenters.